The van der Waals surface area contributed by atoms with Crippen LogP contribution >= 0.6 is 0 Å². The van der Waals surface area contributed by atoms with Crippen molar-refractivity contribution in [2.45, 2.75) is 31.9 Å². The quantitative estimate of drug-likeness (QED) is 0.806. The first-order chi connectivity index (χ1) is 7.67. The van der Waals surface area contributed by atoms with Crippen molar-refractivity contribution in [2.75, 3.05) is 14.2 Å². The zero-order valence-electron chi connectivity index (χ0n) is 10.3. The molecule has 0 amide bonds. The van der Waals surface area contributed by atoms with Crippen LogP contribution in [0.1, 0.15) is 31.4 Å². The summed E-state index contributed by atoms with van der Waals surface area (Å²) in [6, 6.07) is 7.98. The van der Waals surface area contributed by atoms with Crippen LogP contribution in [-0.4, -0.2) is 20.3 Å². The van der Waals surface area contributed by atoms with Gasteiger partial charge in [0, 0.05) is 13.2 Å². The highest BCUT2D eigenvalue weighted by Crippen LogP contribution is 2.20. The van der Waals surface area contributed by atoms with Gasteiger partial charge in [-0.25, -0.2) is 0 Å². The molecule has 0 aliphatic heterocycles. The van der Waals surface area contributed by atoms with Crippen LogP contribution in [0.2, 0.25) is 0 Å². The fourth-order valence-electron chi connectivity index (χ4n) is 1.55. The molecule has 0 aliphatic rings. The average molecular weight is 223 g/mol. The van der Waals surface area contributed by atoms with Gasteiger partial charge in [-0.05, 0) is 37.5 Å². The molecule has 0 fully saturated rings. The molecule has 3 nitrogen and oxygen atoms in total. The zero-order valence-corrected chi connectivity index (χ0v) is 10.3. The molecule has 16 heavy (non-hydrogen) atoms. The van der Waals surface area contributed by atoms with E-state index in [9.17, 15) is 0 Å². The lowest BCUT2D eigenvalue weighted by Crippen LogP contribution is -2.14. The lowest BCUT2D eigenvalue weighted by atomic mass is 10.0. The summed E-state index contributed by atoms with van der Waals surface area (Å²) in [4.78, 5) is 0. The minimum absolute atomic E-state index is 0.0727. The van der Waals surface area contributed by atoms with Crippen molar-refractivity contribution in [2.24, 2.45) is 5.73 Å². The van der Waals surface area contributed by atoms with Crippen molar-refractivity contribution in [3.8, 4) is 5.75 Å². The average Bonchev–Trinajstić information content (AvgIpc) is 2.35. The second-order valence-corrected chi connectivity index (χ2v) is 4.00. The van der Waals surface area contributed by atoms with Crippen LogP contribution in [0.4, 0.5) is 0 Å². The summed E-state index contributed by atoms with van der Waals surface area (Å²) in [5.41, 5.74) is 7.24. The Morgan fingerprint density at radius 1 is 1.12 bits per heavy atom. The standard InChI is InChI=1S/C13H21NO2/c1-10(15-2)4-9-13(14)11-5-7-12(16-3)8-6-11/h5-8,10,13H,4,9,14H2,1-3H3. The molecule has 1 aromatic rings. The summed E-state index contributed by atoms with van der Waals surface area (Å²) in [6.45, 7) is 2.06. The van der Waals surface area contributed by atoms with E-state index in [1.54, 1.807) is 14.2 Å². The molecule has 0 aromatic heterocycles. The third-order valence-corrected chi connectivity index (χ3v) is 2.83. The van der Waals surface area contributed by atoms with Gasteiger partial charge in [-0.1, -0.05) is 12.1 Å². The topological polar surface area (TPSA) is 44.5 Å². The first-order valence-electron chi connectivity index (χ1n) is 5.59. The van der Waals surface area contributed by atoms with Crippen molar-refractivity contribution in [1.29, 1.82) is 0 Å². The number of hydrogen-bond acceptors (Lipinski definition) is 3. The van der Waals surface area contributed by atoms with E-state index in [0.717, 1.165) is 24.2 Å². The molecule has 0 bridgehead atoms. The van der Waals surface area contributed by atoms with E-state index in [4.69, 9.17) is 15.2 Å². The highest BCUT2D eigenvalue weighted by atomic mass is 16.5. The van der Waals surface area contributed by atoms with Crippen LogP contribution in [0, 0.1) is 0 Å². The van der Waals surface area contributed by atoms with E-state index in [1.807, 2.05) is 24.3 Å². The van der Waals surface area contributed by atoms with Crippen LogP contribution in [-0.2, 0) is 4.74 Å². The van der Waals surface area contributed by atoms with Crippen LogP contribution in [0.25, 0.3) is 0 Å². The normalized spacial score (nSPS) is 14.5. The number of methoxy groups -OCH3 is 2. The number of hydrogen-bond donors (Lipinski definition) is 1. The Balaban J connectivity index is 2.49. The predicted molar refractivity (Wildman–Crippen MR) is 65.6 cm³/mol. The molecule has 1 rings (SSSR count). The van der Waals surface area contributed by atoms with Crippen LogP contribution in [0.15, 0.2) is 24.3 Å². The fourth-order valence-corrected chi connectivity index (χ4v) is 1.55. The highest BCUT2D eigenvalue weighted by molar-refractivity contribution is 5.28. The van der Waals surface area contributed by atoms with E-state index in [0.29, 0.717) is 0 Å². The Kier molecular flexibility index (Phi) is 5.29. The molecule has 0 radical (unpaired) electrons. The van der Waals surface area contributed by atoms with E-state index in [-0.39, 0.29) is 12.1 Å². The van der Waals surface area contributed by atoms with Gasteiger partial charge in [0.25, 0.3) is 0 Å². The fraction of sp³-hybridized carbons (Fsp3) is 0.538. The van der Waals surface area contributed by atoms with Gasteiger partial charge < -0.3 is 15.2 Å². The van der Waals surface area contributed by atoms with Gasteiger partial charge in [-0.3, -0.25) is 0 Å². The Hall–Kier alpha value is -1.06. The van der Waals surface area contributed by atoms with Gasteiger partial charge in [-0.2, -0.15) is 0 Å². The third kappa shape index (κ3) is 3.83. The van der Waals surface area contributed by atoms with Crippen molar-refractivity contribution in [3.63, 3.8) is 0 Å². The largest absolute Gasteiger partial charge is 0.497 e. The molecule has 90 valence electrons. The molecule has 3 heteroatoms. The molecule has 0 spiro atoms. The van der Waals surface area contributed by atoms with Crippen molar-refractivity contribution in [1.82, 2.24) is 0 Å². The number of benzene rings is 1. The van der Waals surface area contributed by atoms with Gasteiger partial charge in [0.1, 0.15) is 5.75 Å². The molecule has 0 saturated carbocycles. The Morgan fingerprint density at radius 2 is 1.75 bits per heavy atom. The second kappa shape index (κ2) is 6.51. The second-order valence-electron chi connectivity index (χ2n) is 4.00. The summed E-state index contributed by atoms with van der Waals surface area (Å²) in [5.74, 6) is 0.862. The third-order valence-electron chi connectivity index (χ3n) is 2.83. The summed E-state index contributed by atoms with van der Waals surface area (Å²) in [5, 5.41) is 0. The summed E-state index contributed by atoms with van der Waals surface area (Å²) < 4.78 is 10.3. The monoisotopic (exact) mass is 223 g/mol. The SMILES string of the molecule is COc1ccc(C(N)CCC(C)OC)cc1. The Bertz CT molecular complexity index is 297. The summed E-state index contributed by atoms with van der Waals surface area (Å²) in [7, 11) is 3.39. The predicted octanol–water partition coefficient (Wildman–Crippen LogP) is 2.51. The smallest absolute Gasteiger partial charge is 0.118 e. The molecule has 1 aromatic carbocycles. The van der Waals surface area contributed by atoms with Crippen molar-refractivity contribution >= 4 is 0 Å². The lowest BCUT2D eigenvalue weighted by molar-refractivity contribution is 0.107. The van der Waals surface area contributed by atoms with Crippen LogP contribution in [0.5, 0.6) is 5.75 Å². The molecule has 2 atom stereocenters. The van der Waals surface area contributed by atoms with E-state index < -0.39 is 0 Å². The summed E-state index contributed by atoms with van der Waals surface area (Å²) >= 11 is 0. The van der Waals surface area contributed by atoms with E-state index >= 15 is 0 Å². The summed E-state index contributed by atoms with van der Waals surface area (Å²) in [6.07, 6.45) is 2.18. The van der Waals surface area contributed by atoms with E-state index in [2.05, 4.69) is 6.92 Å². The van der Waals surface area contributed by atoms with Crippen molar-refractivity contribution < 1.29 is 9.47 Å². The highest BCUT2D eigenvalue weighted by Gasteiger charge is 2.08. The number of rotatable bonds is 6. The van der Waals surface area contributed by atoms with Gasteiger partial charge in [-0.15, -0.1) is 0 Å². The maximum absolute atomic E-state index is 6.09. The molecular weight excluding hydrogens is 202 g/mol. The number of ether oxygens (including phenoxy) is 2. The molecule has 0 heterocycles. The number of nitrogens with two attached hydrogens (primary N) is 1. The zero-order chi connectivity index (χ0) is 12.0. The van der Waals surface area contributed by atoms with Crippen LogP contribution < -0.4 is 10.5 Å². The van der Waals surface area contributed by atoms with E-state index in [1.165, 1.54) is 0 Å². The molecule has 0 aliphatic carbocycles. The van der Waals surface area contributed by atoms with Crippen molar-refractivity contribution in [3.05, 3.63) is 29.8 Å². The van der Waals surface area contributed by atoms with Gasteiger partial charge in [0.05, 0.1) is 13.2 Å². The minimum atomic E-state index is 0.0727. The lowest BCUT2D eigenvalue weighted by Gasteiger charge is -2.15. The van der Waals surface area contributed by atoms with Gasteiger partial charge >= 0.3 is 0 Å². The molecule has 2 unspecified atom stereocenters. The minimum Gasteiger partial charge on any atom is -0.497 e. The Morgan fingerprint density at radius 3 is 2.25 bits per heavy atom. The Labute approximate surface area is 97.6 Å². The van der Waals surface area contributed by atoms with Crippen LogP contribution in [0.3, 0.4) is 0 Å². The molecule has 0 saturated heterocycles. The molecular formula is C13H21NO2. The van der Waals surface area contributed by atoms with Gasteiger partial charge in [0.15, 0.2) is 0 Å². The first kappa shape index (κ1) is 13.0. The maximum atomic E-state index is 6.09. The molecule has 2 N–H and O–H groups in total. The first-order valence-corrected chi connectivity index (χ1v) is 5.59. The van der Waals surface area contributed by atoms with Gasteiger partial charge in [0.2, 0.25) is 0 Å². The maximum Gasteiger partial charge on any atom is 0.118 e.